The predicted octanol–water partition coefficient (Wildman–Crippen LogP) is 2.70. The van der Waals surface area contributed by atoms with Crippen LogP contribution in [0, 0.1) is 0 Å². The average Bonchev–Trinajstić information content (AvgIpc) is 3.04. The molecule has 0 saturated heterocycles. The summed E-state index contributed by atoms with van der Waals surface area (Å²) < 4.78 is 5.37. The van der Waals surface area contributed by atoms with Gasteiger partial charge in [-0.2, -0.15) is 0 Å². The Kier molecular flexibility index (Phi) is 2.47. The molecule has 0 radical (unpaired) electrons. The van der Waals surface area contributed by atoms with Gasteiger partial charge in [0.05, 0.1) is 12.8 Å². The van der Waals surface area contributed by atoms with Crippen LogP contribution < -0.4 is 10.6 Å². The van der Waals surface area contributed by atoms with Crippen LogP contribution in [0.15, 0.2) is 41.0 Å². The Morgan fingerprint density at radius 3 is 3.00 bits per heavy atom. The molecule has 1 aliphatic heterocycles. The van der Waals surface area contributed by atoms with E-state index in [0.29, 0.717) is 13.0 Å². The molecule has 2 unspecified atom stereocenters. The van der Waals surface area contributed by atoms with Gasteiger partial charge in [0.15, 0.2) is 0 Å². The first-order valence-electron chi connectivity index (χ1n) is 6.95. The minimum absolute atomic E-state index is 0.0614. The molecular formula is C16H16N2O2. The summed E-state index contributed by atoms with van der Waals surface area (Å²) in [6, 6.07) is 9.90. The molecule has 0 bridgehead atoms. The third kappa shape index (κ3) is 1.61. The van der Waals surface area contributed by atoms with Crippen molar-refractivity contribution in [3.8, 4) is 0 Å². The van der Waals surface area contributed by atoms with E-state index in [1.807, 2.05) is 29.2 Å². The minimum Gasteiger partial charge on any atom is -0.467 e. The molecule has 2 N–H and O–H groups in total. The van der Waals surface area contributed by atoms with E-state index in [4.69, 9.17) is 10.2 Å². The normalized spacial score (nSPS) is 24.1. The second kappa shape index (κ2) is 4.21. The highest BCUT2D eigenvalue weighted by atomic mass is 16.3. The van der Waals surface area contributed by atoms with Crippen molar-refractivity contribution in [2.75, 3.05) is 4.90 Å². The van der Waals surface area contributed by atoms with Crippen molar-refractivity contribution < 1.29 is 9.21 Å². The fraction of sp³-hybridized carbons (Fsp3) is 0.312. The Bertz CT molecular complexity index is 663. The number of nitrogens with two attached hydrogens (primary N) is 1. The molecule has 0 fully saturated rings. The molecule has 0 spiro atoms. The first-order valence-corrected chi connectivity index (χ1v) is 6.95. The van der Waals surface area contributed by atoms with Crippen LogP contribution in [0.2, 0.25) is 0 Å². The first kappa shape index (κ1) is 11.7. The molecule has 1 amide bonds. The maximum absolute atomic E-state index is 12.4. The molecule has 1 aromatic carbocycles. The Morgan fingerprint density at radius 2 is 2.20 bits per heavy atom. The van der Waals surface area contributed by atoms with Crippen LogP contribution in [0.25, 0.3) is 0 Å². The zero-order valence-electron chi connectivity index (χ0n) is 11.1. The molecule has 1 aliphatic carbocycles. The quantitative estimate of drug-likeness (QED) is 0.911. The lowest BCUT2D eigenvalue weighted by Crippen LogP contribution is -2.35. The predicted molar refractivity (Wildman–Crippen MR) is 75.2 cm³/mol. The number of nitrogens with zero attached hydrogens (tertiary/aromatic N) is 1. The standard InChI is InChI=1S/C16H16N2O2/c17-13-7-10-8-15(19)18(9-11-3-2-6-20-11)14-5-1-4-12(13)16(10)14/h1-6,10,13H,7-9,17H2. The van der Waals surface area contributed by atoms with Crippen LogP contribution in [0.3, 0.4) is 0 Å². The van der Waals surface area contributed by atoms with Crippen molar-refractivity contribution in [1.82, 2.24) is 0 Å². The molecule has 2 atom stereocenters. The SMILES string of the molecule is NC1CC2CC(=O)N(Cc3ccco3)c3cccc1c32. The van der Waals surface area contributed by atoms with Gasteiger partial charge in [-0.05, 0) is 41.7 Å². The van der Waals surface area contributed by atoms with Gasteiger partial charge in [0.1, 0.15) is 5.76 Å². The second-order valence-electron chi connectivity index (χ2n) is 5.58. The highest BCUT2D eigenvalue weighted by molar-refractivity contribution is 5.97. The van der Waals surface area contributed by atoms with Crippen LogP contribution >= 0.6 is 0 Å². The number of carbonyl (C=O) groups is 1. The largest absolute Gasteiger partial charge is 0.467 e. The van der Waals surface area contributed by atoms with Crippen LogP contribution in [-0.4, -0.2) is 5.91 Å². The highest BCUT2D eigenvalue weighted by Gasteiger charge is 2.39. The van der Waals surface area contributed by atoms with Gasteiger partial charge in [-0.1, -0.05) is 12.1 Å². The molecule has 4 heteroatoms. The molecule has 4 nitrogen and oxygen atoms in total. The van der Waals surface area contributed by atoms with Crippen molar-refractivity contribution in [3.63, 3.8) is 0 Å². The molecule has 2 aromatic rings. The maximum atomic E-state index is 12.4. The number of anilines is 1. The number of rotatable bonds is 2. The van der Waals surface area contributed by atoms with E-state index in [-0.39, 0.29) is 17.9 Å². The van der Waals surface area contributed by atoms with Crippen molar-refractivity contribution >= 4 is 11.6 Å². The number of carbonyl (C=O) groups excluding carboxylic acids is 1. The van der Waals surface area contributed by atoms with Gasteiger partial charge in [-0.3, -0.25) is 4.79 Å². The maximum Gasteiger partial charge on any atom is 0.228 e. The van der Waals surface area contributed by atoms with E-state index in [0.717, 1.165) is 17.9 Å². The van der Waals surface area contributed by atoms with E-state index in [1.165, 1.54) is 11.1 Å². The summed E-state index contributed by atoms with van der Waals surface area (Å²) in [5.41, 5.74) is 9.66. The van der Waals surface area contributed by atoms with Gasteiger partial charge >= 0.3 is 0 Å². The fourth-order valence-corrected chi connectivity index (χ4v) is 3.50. The molecule has 4 rings (SSSR count). The summed E-state index contributed by atoms with van der Waals surface area (Å²) in [7, 11) is 0. The van der Waals surface area contributed by atoms with E-state index in [1.54, 1.807) is 6.26 Å². The Hall–Kier alpha value is -2.07. The zero-order chi connectivity index (χ0) is 13.7. The van der Waals surface area contributed by atoms with Crippen LogP contribution in [0.5, 0.6) is 0 Å². The summed E-state index contributed by atoms with van der Waals surface area (Å²) >= 11 is 0. The van der Waals surface area contributed by atoms with Crippen molar-refractivity contribution in [2.24, 2.45) is 5.73 Å². The van der Waals surface area contributed by atoms with Gasteiger partial charge in [-0.25, -0.2) is 0 Å². The van der Waals surface area contributed by atoms with Gasteiger partial charge in [0.25, 0.3) is 0 Å². The van der Waals surface area contributed by atoms with Gasteiger partial charge < -0.3 is 15.1 Å². The number of hydrogen-bond donors (Lipinski definition) is 1. The average molecular weight is 268 g/mol. The lowest BCUT2D eigenvalue weighted by molar-refractivity contribution is -0.119. The summed E-state index contributed by atoms with van der Waals surface area (Å²) in [4.78, 5) is 14.3. The van der Waals surface area contributed by atoms with Crippen molar-refractivity contribution in [1.29, 1.82) is 0 Å². The smallest absolute Gasteiger partial charge is 0.228 e. The van der Waals surface area contributed by atoms with E-state index < -0.39 is 0 Å². The lowest BCUT2D eigenvalue weighted by atomic mass is 9.91. The van der Waals surface area contributed by atoms with Gasteiger partial charge in [0.2, 0.25) is 5.91 Å². The summed E-state index contributed by atoms with van der Waals surface area (Å²) in [5.74, 6) is 1.25. The molecule has 2 aliphatic rings. The monoisotopic (exact) mass is 268 g/mol. The van der Waals surface area contributed by atoms with Crippen molar-refractivity contribution in [2.45, 2.75) is 31.3 Å². The topological polar surface area (TPSA) is 59.5 Å². The highest BCUT2D eigenvalue weighted by Crippen LogP contribution is 2.49. The first-order chi connectivity index (χ1) is 9.74. The molecule has 1 aromatic heterocycles. The van der Waals surface area contributed by atoms with Crippen molar-refractivity contribution in [3.05, 3.63) is 53.5 Å². The molecular weight excluding hydrogens is 252 g/mol. The number of benzene rings is 1. The fourth-order valence-electron chi connectivity index (χ4n) is 3.50. The Balaban J connectivity index is 1.79. The lowest BCUT2D eigenvalue weighted by Gasteiger charge is -2.31. The number of hydrogen-bond acceptors (Lipinski definition) is 3. The summed E-state index contributed by atoms with van der Waals surface area (Å²) in [6.45, 7) is 0.490. The summed E-state index contributed by atoms with van der Waals surface area (Å²) in [5, 5.41) is 0. The Morgan fingerprint density at radius 1 is 1.30 bits per heavy atom. The van der Waals surface area contributed by atoms with E-state index in [2.05, 4.69) is 6.07 Å². The third-order valence-electron chi connectivity index (χ3n) is 4.37. The van der Waals surface area contributed by atoms with E-state index >= 15 is 0 Å². The van der Waals surface area contributed by atoms with Gasteiger partial charge in [-0.15, -0.1) is 0 Å². The van der Waals surface area contributed by atoms with Crippen LogP contribution in [0.4, 0.5) is 5.69 Å². The van der Waals surface area contributed by atoms with Crippen LogP contribution in [-0.2, 0) is 11.3 Å². The second-order valence-corrected chi connectivity index (χ2v) is 5.58. The van der Waals surface area contributed by atoms with Gasteiger partial charge in [0, 0.05) is 18.2 Å². The van der Waals surface area contributed by atoms with Crippen LogP contribution in [0.1, 0.15) is 41.7 Å². The molecule has 102 valence electrons. The molecule has 0 saturated carbocycles. The Labute approximate surface area is 117 Å². The van der Waals surface area contributed by atoms with E-state index in [9.17, 15) is 4.79 Å². The number of furan rings is 1. The molecule has 20 heavy (non-hydrogen) atoms. The zero-order valence-corrected chi connectivity index (χ0v) is 11.1. The summed E-state index contributed by atoms with van der Waals surface area (Å²) in [6.07, 6.45) is 3.07. The number of amides is 1. The molecule has 2 heterocycles. The minimum atomic E-state index is 0.0614. The third-order valence-corrected chi connectivity index (χ3v) is 4.37.